The van der Waals surface area contributed by atoms with E-state index in [9.17, 15) is 23.7 Å². The monoisotopic (exact) mass is 300 g/mol. The Morgan fingerprint density at radius 3 is 2.76 bits per heavy atom. The molecule has 1 aromatic rings. The number of rotatable bonds is 4. The van der Waals surface area contributed by atoms with Crippen LogP contribution in [0.25, 0.3) is 0 Å². The molecule has 2 rings (SSSR count). The summed E-state index contributed by atoms with van der Waals surface area (Å²) in [6.45, 7) is 2.85. The number of amides is 1. The van der Waals surface area contributed by atoms with E-state index in [1.807, 2.05) is 0 Å². The second kappa shape index (κ2) is 6.13. The maximum Gasteiger partial charge on any atom is 0.307 e. The summed E-state index contributed by atoms with van der Waals surface area (Å²) in [6.07, 6.45) is 0.776. The Morgan fingerprint density at radius 1 is 1.48 bits per heavy atom. The molecule has 0 spiro atoms. The van der Waals surface area contributed by atoms with Gasteiger partial charge in [0.2, 0.25) is 5.82 Å². The standard InChI is InChI=1S/C13H14F2N2O4/c1-7(8-2-3-21-6-8)16-13(18)9-4-11(15)12(17(19)20)5-10(9)14/h4-5,7-8H,2-3,6H2,1H3,(H,16,18)/t7-,8-/m1/s1. The van der Waals surface area contributed by atoms with E-state index in [0.29, 0.717) is 25.3 Å². The predicted molar refractivity (Wildman–Crippen MR) is 68.9 cm³/mol. The predicted octanol–water partition coefficient (Wildman–Crippen LogP) is 2.03. The summed E-state index contributed by atoms with van der Waals surface area (Å²) >= 11 is 0. The van der Waals surface area contributed by atoms with E-state index >= 15 is 0 Å². The SMILES string of the molecule is C[C@@H](NC(=O)c1cc(F)c([N+](=O)[O-])cc1F)[C@@H]1CCOC1. The quantitative estimate of drug-likeness (QED) is 0.681. The van der Waals surface area contributed by atoms with Gasteiger partial charge in [0, 0.05) is 18.6 Å². The number of carbonyl (C=O) groups excluding carboxylic acids is 1. The van der Waals surface area contributed by atoms with Crippen LogP contribution in [-0.2, 0) is 4.74 Å². The number of nitrogens with one attached hydrogen (secondary N) is 1. The van der Waals surface area contributed by atoms with E-state index in [1.54, 1.807) is 6.92 Å². The molecule has 0 bridgehead atoms. The van der Waals surface area contributed by atoms with Gasteiger partial charge in [-0.1, -0.05) is 0 Å². The first-order chi connectivity index (χ1) is 9.90. The smallest absolute Gasteiger partial charge is 0.307 e. The molecule has 0 unspecified atom stereocenters. The van der Waals surface area contributed by atoms with Crippen molar-refractivity contribution < 1.29 is 23.2 Å². The van der Waals surface area contributed by atoms with Crippen molar-refractivity contribution in [2.24, 2.45) is 5.92 Å². The normalized spacial score (nSPS) is 19.3. The third-order valence-corrected chi connectivity index (χ3v) is 3.51. The first-order valence-corrected chi connectivity index (χ1v) is 6.42. The molecule has 1 N–H and O–H groups in total. The van der Waals surface area contributed by atoms with Crippen LogP contribution < -0.4 is 5.32 Å². The number of halogens is 2. The van der Waals surface area contributed by atoms with Crippen molar-refractivity contribution in [2.75, 3.05) is 13.2 Å². The average molecular weight is 300 g/mol. The van der Waals surface area contributed by atoms with Gasteiger partial charge < -0.3 is 10.1 Å². The van der Waals surface area contributed by atoms with E-state index in [2.05, 4.69) is 5.32 Å². The fraction of sp³-hybridized carbons (Fsp3) is 0.462. The highest BCUT2D eigenvalue weighted by Gasteiger charge is 2.26. The molecule has 0 radical (unpaired) electrons. The summed E-state index contributed by atoms with van der Waals surface area (Å²) in [5, 5.41) is 13.1. The van der Waals surface area contributed by atoms with Crippen LogP contribution in [0, 0.1) is 27.7 Å². The topological polar surface area (TPSA) is 81.5 Å². The number of hydrogen-bond donors (Lipinski definition) is 1. The Morgan fingerprint density at radius 2 is 2.19 bits per heavy atom. The van der Waals surface area contributed by atoms with Gasteiger partial charge in [0.05, 0.1) is 23.2 Å². The zero-order chi connectivity index (χ0) is 15.6. The van der Waals surface area contributed by atoms with Gasteiger partial charge >= 0.3 is 5.69 Å². The summed E-state index contributed by atoms with van der Waals surface area (Å²) in [4.78, 5) is 21.4. The van der Waals surface area contributed by atoms with E-state index in [-0.39, 0.29) is 12.0 Å². The van der Waals surface area contributed by atoms with Gasteiger partial charge in [-0.15, -0.1) is 0 Å². The Kier molecular flexibility index (Phi) is 4.46. The van der Waals surface area contributed by atoms with E-state index in [1.165, 1.54) is 0 Å². The van der Waals surface area contributed by atoms with Crippen LogP contribution in [-0.4, -0.2) is 30.1 Å². The second-order valence-electron chi connectivity index (χ2n) is 4.93. The fourth-order valence-electron chi connectivity index (χ4n) is 2.20. The number of benzene rings is 1. The van der Waals surface area contributed by atoms with Crippen LogP contribution in [0.15, 0.2) is 12.1 Å². The Bertz CT molecular complexity index is 574. The van der Waals surface area contributed by atoms with Gasteiger partial charge in [-0.2, -0.15) is 4.39 Å². The largest absolute Gasteiger partial charge is 0.381 e. The minimum Gasteiger partial charge on any atom is -0.381 e. The van der Waals surface area contributed by atoms with Gasteiger partial charge in [-0.05, 0) is 19.4 Å². The van der Waals surface area contributed by atoms with Crippen LogP contribution in [0.1, 0.15) is 23.7 Å². The molecule has 114 valence electrons. The number of nitro groups is 1. The van der Waals surface area contributed by atoms with Crippen LogP contribution >= 0.6 is 0 Å². The first kappa shape index (κ1) is 15.3. The maximum atomic E-state index is 13.7. The minimum absolute atomic E-state index is 0.111. The van der Waals surface area contributed by atoms with Crippen molar-refractivity contribution >= 4 is 11.6 Å². The van der Waals surface area contributed by atoms with Crippen LogP contribution in [0.5, 0.6) is 0 Å². The van der Waals surface area contributed by atoms with Crippen LogP contribution in [0.2, 0.25) is 0 Å². The zero-order valence-corrected chi connectivity index (χ0v) is 11.3. The highest BCUT2D eigenvalue weighted by atomic mass is 19.1. The molecule has 1 aliphatic rings. The third kappa shape index (κ3) is 3.33. The van der Waals surface area contributed by atoms with Gasteiger partial charge in [0.1, 0.15) is 5.82 Å². The molecule has 6 nitrogen and oxygen atoms in total. The van der Waals surface area contributed by atoms with Crippen molar-refractivity contribution in [3.63, 3.8) is 0 Å². The Hall–Kier alpha value is -2.09. The van der Waals surface area contributed by atoms with Gasteiger partial charge in [-0.25, -0.2) is 4.39 Å². The number of carbonyl (C=O) groups is 1. The highest BCUT2D eigenvalue weighted by molar-refractivity contribution is 5.95. The van der Waals surface area contributed by atoms with Crippen molar-refractivity contribution in [1.29, 1.82) is 0 Å². The number of ether oxygens (including phenoxy) is 1. The molecule has 1 fully saturated rings. The molecule has 0 aliphatic carbocycles. The molecule has 21 heavy (non-hydrogen) atoms. The molecule has 0 saturated carbocycles. The van der Waals surface area contributed by atoms with Crippen molar-refractivity contribution in [3.05, 3.63) is 39.4 Å². The van der Waals surface area contributed by atoms with Crippen molar-refractivity contribution in [1.82, 2.24) is 5.32 Å². The third-order valence-electron chi connectivity index (χ3n) is 3.51. The number of nitro benzene ring substituents is 1. The molecule has 1 aliphatic heterocycles. The summed E-state index contributed by atoms with van der Waals surface area (Å²) in [5.41, 5.74) is -1.55. The average Bonchev–Trinajstić information content (AvgIpc) is 2.94. The summed E-state index contributed by atoms with van der Waals surface area (Å²) in [6, 6.07) is 0.687. The zero-order valence-electron chi connectivity index (χ0n) is 11.3. The van der Waals surface area contributed by atoms with E-state index in [4.69, 9.17) is 4.74 Å². The van der Waals surface area contributed by atoms with Gasteiger partial charge in [0.15, 0.2) is 0 Å². The second-order valence-corrected chi connectivity index (χ2v) is 4.93. The lowest BCUT2D eigenvalue weighted by molar-refractivity contribution is -0.387. The minimum atomic E-state index is -1.25. The molecule has 1 amide bonds. The lowest BCUT2D eigenvalue weighted by atomic mass is 10.0. The summed E-state index contributed by atoms with van der Waals surface area (Å²) < 4.78 is 32.4. The number of nitrogens with zero attached hydrogens (tertiary/aromatic N) is 1. The fourth-order valence-corrected chi connectivity index (χ4v) is 2.20. The molecule has 1 aromatic carbocycles. The molecule has 1 heterocycles. The molecule has 1 saturated heterocycles. The Balaban J connectivity index is 2.15. The highest BCUT2D eigenvalue weighted by Crippen LogP contribution is 2.22. The van der Waals surface area contributed by atoms with E-state index in [0.717, 1.165) is 6.42 Å². The summed E-state index contributed by atoms with van der Waals surface area (Å²) in [7, 11) is 0. The molecule has 2 atom stereocenters. The lowest BCUT2D eigenvalue weighted by Gasteiger charge is -2.19. The lowest BCUT2D eigenvalue weighted by Crippen LogP contribution is -2.38. The first-order valence-electron chi connectivity index (χ1n) is 6.42. The molecule has 0 aromatic heterocycles. The van der Waals surface area contributed by atoms with Crippen LogP contribution in [0.4, 0.5) is 14.5 Å². The van der Waals surface area contributed by atoms with Crippen molar-refractivity contribution in [3.8, 4) is 0 Å². The van der Waals surface area contributed by atoms with Gasteiger partial charge in [-0.3, -0.25) is 14.9 Å². The molecular weight excluding hydrogens is 286 g/mol. The molecule has 8 heteroatoms. The van der Waals surface area contributed by atoms with Gasteiger partial charge in [0.25, 0.3) is 5.91 Å². The maximum absolute atomic E-state index is 13.7. The number of hydrogen-bond acceptors (Lipinski definition) is 4. The summed E-state index contributed by atoms with van der Waals surface area (Å²) in [5.74, 6) is -3.07. The van der Waals surface area contributed by atoms with E-state index < -0.39 is 33.7 Å². The van der Waals surface area contributed by atoms with Crippen LogP contribution in [0.3, 0.4) is 0 Å². The Labute approximate surface area is 119 Å². The molecular formula is C13H14F2N2O4. The van der Waals surface area contributed by atoms with Crippen molar-refractivity contribution in [2.45, 2.75) is 19.4 Å².